The zero-order chi connectivity index (χ0) is 14.0. The summed E-state index contributed by atoms with van der Waals surface area (Å²) >= 11 is 3.31. The minimum absolute atomic E-state index is 0.0277. The average molecular weight is 334 g/mol. The molecular weight excluding hydrogens is 320 g/mol. The molecule has 2 atom stereocenters. The second kappa shape index (κ2) is 5.96. The largest absolute Gasteiger partial charge is 0.371 e. The Balaban J connectivity index is 2.18. The molecule has 1 saturated heterocycles. The van der Waals surface area contributed by atoms with Crippen LogP contribution >= 0.6 is 15.9 Å². The van der Waals surface area contributed by atoms with E-state index in [2.05, 4.69) is 15.9 Å². The Bertz CT molecular complexity index is 463. The fourth-order valence-corrected chi connectivity index (χ4v) is 2.51. The second-order valence-electron chi connectivity index (χ2n) is 4.59. The van der Waals surface area contributed by atoms with Gasteiger partial charge in [-0.05, 0) is 19.1 Å². The maximum atomic E-state index is 13.1. The molecule has 1 fully saturated rings. The van der Waals surface area contributed by atoms with Gasteiger partial charge in [0.1, 0.15) is 11.6 Å². The highest BCUT2D eigenvalue weighted by molar-refractivity contribution is 9.09. The first kappa shape index (κ1) is 14.4. The van der Waals surface area contributed by atoms with Gasteiger partial charge in [-0.2, -0.15) is 0 Å². The maximum absolute atomic E-state index is 13.1. The fraction of sp³-hybridized carbons (Fsp3) is 0.462. The van der Waals surface area contributed by atoms with Crippen molar-refractivity contribution >= 4 is 21.8 Å². The number of nitrogens with zero attached hydrogens (tertiary/aromatic N) is 1. The normalized spacial score (nSPS) is 23.5. The number of hydrogen-bond acceptors (Lipinski definition) is 2. The maximum Gasteiger partial charge on any atom is 0.254 e. The second-order valence-corrected chi connectivity index (χ2v) is 5.24. The van der Waals surface area contributed by atoms with Crippen LogP contribution in [0.4, 0.5) is 8.78 Å². The Hall–Kier alpha value is -1.01. The van der Waals surface area contributed by atoms with Crippen LogP contribution in [-0.2, 0) is 4.74 Å². The Kier molecular flexibility index (Phi) is 4.52. The van der Waals surface area contributed by atoms with Crippen molar-refractivity contribution in [3.8, 4) is 0 Å². The third-order valence-electron chi connectivity index (χ3n) is 2.90. The monoisotopic (exact) mass is 333 g/mol. The molecule has 0 N–H and O–H groups in total. The molecule has 1 aliphatic rings. The molecule has 0 bridgehead atoms. The third kappa shape index (κ3) is 3.51. The highest BCUT2D eigenvalue weighted by Gasteiger charge is 2.28. The van der Waals surface area contributed by atoms with Gasteiger partial charge in [-0.3, -0.25) is 4.79 Å². The van der Waals surface area contributed by atoms with Gasteiger partial charge in [0.05, 0.1) is 12.2 Å². The minimum Gasteiger partial charge on any atom is -0.371 e. The van der Waals surface area contributed by atoms with Crippen LogP contribution in [-0.4, -0.2) is 41.4 Å². The van der Waals surface area contributed by atoms with Crippen LogP contribution in [0.5, 0.6) is 0 Å². The number of ether oxygens (including phenoxy) is 1. The highest BCUT2D eigenvalue weighted by atomic mass is 79.9. The topological polar surface area (TPSA) is 29.5 Å². The summed E-state index contributed by atoms with van der Waals surface area (Å²) in [5.41, 5.74) is 0.0277. The highest BCUT2D eigenvalue weighted by Crippen LogP contribution is 2.17. The lowest BCUT2D eigenvalue weighted by Gasteiger charge is -2.36. The number of alkyl halides is 1. The number of morpholine rings is 1. The van der Waals surface area contributed by atoms with Gasteiger partial charge < -0.3 is 9.64 Å². The van der Waals surface area contributed by atoms with E-state index in [0.717, 1.165) is 18.2 Å². The van der Waals surface area contributed by atoms with E-state index >= 15 is 0 Å². The summed E-state index contributed by atoms with van der Waals surface area (Å²) in [5.74, 6) is -1.87. The minimum atomic E-state index is -0.748. The molecule has 0 spiro atoms. The molecular formula is C13H14BrF2NO2. The van der Waals surface area contributed by atoms with E-state index in [0.29, 0.717) is 18.4 Å². The van der Waals surface area contributed by atoms with E-state index in [1.54, 1.807) is 4.90 Å². The third-order valence-corrected chi connectivity index (χ3v) is 3.62. The number of halogens is 3. The first-order valence-electron chi connectivity index (χ1n) is 5.96. The van der Waals surface area contributed by atoms with Crippen molar-refractivity contribution in [3.05, 3.63) is 35.4 Å². The molecule has 1 aromatic rings. The summed E-state index contributed by atoms with van der Waals surface area (Å²) in [6.07, 6.45) is -0.204. The van der Waals surface area contributed by atoms with Crippen LogP contribution in [0.2, 0.25) is 0 Å². The summed E-state index contributed by atoms with van der Waals surface area (Å²) in [6, 6.07) is 2.85. The molecule has 6 heteroatoms. The molecule has 2 unspecified atom stereocenters. The predicted octanol–water partition coefficient (Wildman–Crippen LogP) is 2.59. The van der Waals surface area contributed by atoms with E-state index in [1.807, 2.05) is 6.92 Å². The molecule has 104 valence electrons. The van der Waals surface area contributed by atoms with E-state index in [-0.39, 0.29) is 23.7 Å². The molecule has 1 amide bonds. The van der Waals surface area contributed by atoms with E-state index in [1.165, 1.54) is 0 Å². The number of hydrogen-bond donors (Lipinski definition) is 0. The number of rotatable bonds is 2. The van der Waals surface area contributed by atoms with Crippen LogP contribution in [0.15, 0.2) is 18.2 Å². The lowest BCUT2D eigenvalue weighted by Crippen LogP contribution is -2.49. The first-order chi connectivity index (χ1) is 8.99. The first-order valence-corrected chi connectivity index (χ1v) is 7.08. The molecule has 2 rings (SSSR count). The van der Waals surface area contributed by atoms with Gasteiger partial charge in [-0.25, -0.2) is 8.78 Å². The van der Waals surface area contributed by atoms with Gasteiger partial charge in [0.15, 0.2) is 0 Å². The number of amides is 1. The molecule has 1 aliphatic heterocycles. The summed E-state index contributed by atoms with van der Waals surface area (Å²) in [4.78, 5) is 13.8. The van der Waals surface area contributed by atoms with Crippen LogP contribution < -0.4 is 0 Å². The molecule has 3 nitrogen and oxygen atoms in total. The summed E-state index contributed by atoms with van der Waals surface area (Å²) in [6.45, 7) is 2.69. The SMILES string of the molecule is CC1CN(C(=O)c2cc(F)cc(F)c2)CC(CBr)O1. The summed E-state index contributed by atoms with van der Waals surface area (Å²) < 4.78 is 31.9. The number of carbonyl (C=O) groups is 1. The van der Waals surface area contributed by atoms with Crippen molar-refractivity contribution in [1.29, 1.82) is 0 Å². The number of benzene rings is 1. The summed E-state index contributed by atoms with van der Waals surface area (Å²) in [5, 5.41) is 0.610. The predicted molar refractivity (Wildman–Crippen MR) is 70.4 cm³/mol. The summed E-state index contributed by atoms with van der Waals surface area (Å²) in [7, 11) is 0. The van der Waals surface area contributed by atoms with Gasteiger partial charge in [-0.15, -0.1) is 0 Å². The Morgan fingerprint density at radius 1 is 1.37 bits per heavy atom. The van der Waals surface area contributed by atoms with Crippen LogP contribution in [0, 0.1) is 11.6 Å². The van der Waals surface area contributed by atoms with Gasteiger partial charge in [0.25, 0.3) is 5.91 Å². The smallest absolute Gasteiger partial charge is 0.254 e. The molecule has 1 heterocycles. The van der Waals surface area contributed by atoms with Gasteiger partial charge in [0.2, 0.25) is 0 Å². The van der Waals surface area contributed by atoms with E-state index < -0.39 is 11.6 Å². The molecule has 19 heavy (non-hydrogen) atoms. The van der Waals surface area contributed by atoms with Crippen molar-refractivity contribution in [2.75, 3.05) is 18.4 Å². The lowest BCUT2D eigenvalue weighted by atomic mass is 10.1. The van der Waals surface area contributed by atoms with Crippen LogP contribution in [0.1, 0.15) is 17.3 Å². The molecule has 0 aliphatic carbocycles. The molecule has 0 saturated carbocycles. The van der Waals surface area contributed by atoms with E-state index in [4.69, 9.17) is 4.74 Å². The lowest BCUT2D eigenvalue weighted by molar-refractivity contribution is -0.0559. The van der Waals surface area contributed by atoms with Crippen molar-refractivity contribution in [2.24, 2.45) is 0 Å². The van der Waals surface area contributed by atoms with Gasteiger partial charge in [-0.1, -0.05) is 15.9 Å². The van der Waals surface area contributed by atoms with Crippen molar-refractivity contribution in [2.45, 2.75) is 19.1 Å². The molecule has 0 aromatic heterocycles. The zero-order valence-corrected chi connectivity index (χ0v) is 12.0. The van der Waals surface area contributed by atoms with Crippen molar-refractivity contribution in [3.63, 3.8) is 0 Å². The van der Waals surface area contributed by atoms with Crippen molar-refractivity contribution in [1.82, 2.24) is 4.90 Å². The fourth-order valence-electron chi connectivity index (χ4n) is 2.16. The quantitative estimate of drug-likeness (QED) is 0.778. The molecule has 1 aromatic carbocycles. The Morgan fingerprint density at radius 2 is 2.00 bits per heavy atom. The Labute approximate surface area is 118 Å². The average Bonchev–Trinajstić information content (AvgIpc) is 2.35. The van der Waals surface area contributed by atoms with Gasteiger partial charge in [0, 0.05) is 30.0 Å². The van der Waals surface area contributed by atoms with Crippen molar-refractivity contribution < 1.29 is 18.3 Å². The van der Waals surface area contributed by atoms with Crippen LogP contribution in [0.25, 0.3) is 0 Å². The van der Waals surface area contributed by atoms with Gasteiger partial charge >= 0.3 is 0 Å². The van der Waals surface area contributed by atoms with Crippen LogP contribution in [0.3, 0.4) is 0 Å². The Morgan fingerprint density at radius 3 is 2.58 bits per heavy atom. The number of carbonyl (C=O) groups excluding carboxylic acids is 1. The standard InChI is InChI=1S/C13H14BrF2NO2/c1-8-6-17(7-12(5-14)19-8)13(18)9-2-10(15)4-11(16)3-9/h2-4,8,12H,5-7H2,1H3. The zero-order valence-electron chi connectivity index (χ0n) is 10.4. The van der Waals surface area contributed by atoms with E-state index in [9.17, 15) is 13.6 Å². The molecule has 0 radical (unpaired) electrons.